The van der Waals surface area contributed by atoms with E-state index in [2.05, 4.69) is 10.6 Å². The standard InChI is InChI=1S/C13H12N2O/c16-13(14-11-7-3-1-4-8-11)15-12-9-5-2-6-10-12/h1-10H,(H2,14,15,16)/i1D,2D,3D,4D,5D,6D,7D,8D,9D,10D. The van der Waals surface area contributed by atoms with Gasteiger partial charge in [-0.15, -0.1) is 0 Å². The molecule has 0 fully saturated rings. The third kappa shape index (κ3) is 2.85. The van der Waals surface area contributed by atoms with Gasteiger partial charge in [0.25, 0.3) is 0 Å². The smallest absolute Gasteiger partial charge is 0.308 e. The molecule has 0 bridgehead atoms. The monoisotopic (exact) mass is 222 g/mol. The van der Waals surface area contributed by atoms with Crippen LogP contribution in [-0.2, 0) is 0 Å². The van der Waals surface area contributed by atoms with Crippen molar-refractivity contribution < 1.29 is 18.5 Å². The Kier molecular flexibility index (Phi) is 1.13. The molecule has 2 aromatic rings. The summed E-state index contributed by atoms with van der Waals surface area (Å²) in [6, 6.07) is -7.56. The van der Waals surface area contributed by atoms with Gasteiger partial charge in [0.15, 0.2) is 0 Å². The fraction of sp³-hybridized carbons (Fsp3) is 0. The Morgan fingerprint density at radius 2 is 1.19 bits per heavy atom. The summed E-state index contributed by atoms with van der Waals surface area (Å²) in [6.07, 6.45) is 0. The maximum atomic E-state index is 12.1. The summed E-state index contributed by atoms with van der Waals surface area (Å²) in [6.45, 7) is 0. The van der Waals surface area contributed by atoms with Gasteiger partial charge in [-0.3, -0.25) is 0 Å². The van der Waals surface area contributed by atoms with Crippen molar-refractivity contribution in [3.63, 3.8) is 0 Å². The molecule has 3 heteroatoms. The molecular formula is C13H12N2O. The molecular weight excluding hydrogens is 200 g/mol. The van der Waals surface area contributed by atoms with Gasteiger partial charge in [0.1, 0.15) is 0 Å². The molecule has 0 heterocycles. The van der Waals surface area contributed by atoms with Gasteiger partial charge in [0, 0.05) is 11.4 Å². The van der Waals surface area contributed by atoms with Gasteiger partial charge in [-0.05, 0) is 24.2 Å². The Hall–Kier alpha value is -2.29. The number of urea groups is 1. The largest absolute Gasteiger partial charge is 0.323 e. The van der Waals surface area contributed by atoms with Crippen LogP contribution in [0.4, 0.5) is 16.2 Å². The zero-order chi connectivity index (χ0) is 19.9. The summed E-state index contributed by atoms with van der Waals surface area (Å²) in [7, 11) is 0. The van der Waals surface area contributed by atoms with Crippen molar-refractivity contribution in [3.8, 4) is 0 Å². The van der Waals surface area contributed by atoms with Crippen molar-refractivity contribution in [2.24, 2.45) is 0 Å². The van der Waals surface area contributed by atoms with Crippen LogP contribution in [0.2, 0.25) is 0 Å². The molecule has 2 aromatic carbocycles. The normalized spacial score (nSPS) is 18.2. The highest BCUT2D eigenvalue weighted by Gasteiger charge is 2.00. The van der Waals surface area contributed by atoms with Gasteiger partial charge in [-0.2, -0.15) is 0 Å². The van der Waals surface area contributed by atoms with E-state index in [4.69, 9.17) is 13.7 Å². The quantitative estimate of drug-likeness (QED) is 0.804. The molecule has 0 spiro atoms. The molecule has 0 unspecified atom stereocenters. The molecule has 0 aliphatic carbocycles. The Labute approximate surface area is 108 Å². The van der Waals surface area contributed by atoms with Crippen molar-refractivity contribution >= 4 is 17.4 Å². The minimum atomic E-state index is -1.12. The Bertz CT molecular complexity index is 799. The maximum Gasteiger partial charge on any atom is 0.323 e. The van der Waals surface area contributed by atoms with Crippen LogP contribution < -0.4 is 10.6 Å². The van der Waals surface area contributed by atoms with Gasteiger partial charge in [-0.25, -0.2) is 4.79 Å². The van der Waals surface area contributed by atoms with Crippen molar-refractivity contribution in [1.82, 2.24) is 0 Å². The van der Waals surface area contributed by atoms with E-state index in [1.54, 1.807) is 0 Å². The van der Waals surface area contributed by atoms with E-state index < -0.39 is 77.8 Å². The third-order valence-corrected chi connectivity index (χ3v) is 1.48. The number of para-hydroxylation sites is 2. The second-order valence-electron chi connectivity index (χ2n) is 2.58. The summed E-state index contributed by atoms with van der Waals surface area (Å²) in [5.41, 5.74) is -0.998. The van der Waals surface area contributed by atoms with Crippen LogP contribution >= 0.6 is 0 Å². The van der Waals surface area contributed by atoms with Crippen LogP contribution in [0.1, 0.15) is 13.7 Å². The SMILES string of the molecule is [2H]c1c([2H])c([2H])c(NC(=O)Nc2c([2H])c([2H])c([2H])c([2H])c2[2H])c([2H])c1[2H]. The van der Waals surface area contributed by atoms with E-state index >= 15 is 0 Å². The molecule has 2 rings (SSSR count). The summed E-state index contributed by atoms with van der Waals surface area (Å²) >= 11 is 0. The predicted octanol–water partition coefficient (Wildman–Crippen LogP) is 3.33. The number of nitrogens with one attached hydrogen (secondary N) is 2. The first kappa shape index (κ1) is 3.63. The first-order chi connectivity index (χ1) is 12.0. The van der Waals surface area contributed by atoms with Crippen LogP contribution in [-0.4, -0.2) is 6.03 Å². The lowest BCUT2D eigenvalue weighted by atomic mass is 10.3. The third-order valence-electron chi connectivity index (χ3n) is 1.48. The number of carbonyl (C=O) groups excluding carboxylic acids is 1. The van der Waals surface area contributed by atoms with Gasteiger partial charge in [0.2, 0.25) is 0 Å². The van der Waals surface area contributed by atoms with Gasteiger partial charge >= 0.3 is 6.03 Å². The van der Waals surface area contributed by atoms with E-state index in [1.807, 2.05) is 0 Å². The van der Waals surface area contributed by atoms with Crippen LogP contribution in [0.15, 0.2) is 60.4 Å². The van der Waals surface area contributed by atoms with Crippen LogP contribution in [0.25, 0.3) is 0 Å². The lowest BCUT2D eigenvalue weighted by Gasteiger charge is -2.06. The second kappa shape index (κ2) is 4.98. The van der Waals surface area contributed by atoms with Crippen LogP contribution in [0.3, 0.4) is 0 Å². The highest BCUT2D eigenvalue weighted by Crippen LogP contribution is 2.08. The lowest BCUT2D eigenvalue weighted by Crippen LogP contribution is -2.19. The number of hydrogen-bond donors (Lipinski definition) is 2. The Balaban J connectivity index is 2.41. The molecule has 0 atom stereocenters. The van der Waals surface area contributed by atoms with Crippen LogP contribution in [0, 0.1) is 0 Å². The molecule has 2 N–H and O–H groups in total. The average Bonchev–Trinajstić information content (AvgIpc) is 2.62. The van der Waals surface area contributed by atoms with E-state index in [0.717, 1.165) is 0 Å². The molecule has 0 aromatic heterocycles. The Morgan fingerprint density at radius 3 is 1.56 bits per heavy atom. The van der Waals surface area contributed by atoms with Gasteiger partial charge < -0.3 is 10.6 Å². The molecule has 0 saturated carbocycles. The average molecular weight is 222 g/mol. The zero-order valence-corrected chi connectivity index (χ0v) is 7.91. The summed E-state index contributed by atoms with van der Waals surface area (Å²) in [5, 5.41) is 4.12. The number of hydrogen-bond acceptors (Lipinski definition) is 1. The number of anilines is 2. The highest BCUT2D eigenvalue weighted by atomic mass is 16.2. The molecule has 80 valence electrons. The molecule has 3 nitrogen and oxygen atoms in total. The molecule has 0 radical (unpaired) electrons. The Morgan fingerprint density at radius 1 is 0.812 bits per heavy atom. The predicted molar refractivity (Wildman–Crippen MR) is 65.5 cm³/mol. The number of amides is 2. The molecule has 16 heavy (non-hydrogen) atoms. The highest BCUT2D eigenvalue weighted by molar-refractivity contribution is 5.99. The van der Waals surface area contributed by atoms with Crippen molar-refractivity contribution in [3.05, 3.63) is 60.4 Å². The zero-order valence-electron chi connectivity index (χ0n) is 17.9. The minimum Gasteiger partial charge on any atom is -0.308 e. The van der Waals surface area contributed by atoms with Crippen molar-refractivity contribution in [2.45, 2.75) is 0 Å². The lowest BCUT2D eigenvalue weighted by molar-refractivity contribution is 0.262. The van der Waals surface area contributed by atoms with E-state index in [0.29, 0.717) is 0 Å². The fourth-order valence-electron chi connectivity index (χ4n) is 0.883. The number of benzene rings is 2. The second-order valence-corrected chi connectivity index (χ2v) is 2.58. The topological polar surface area (TPSA) is 41.1 Å². The van der Waals surface area contributed by atoms with Gasteiger partial charge in [0.05, 0.1) is 13.7 Å². The first-order valence-electron chi connectivity index (χ1n) is 9.20. The summed E-state index contributed by atoms with van der Waals surface area (Å²) < 4.78 is 76.0. The van der Waals surface area contributed by atoms with E-state index in [-0.39, 0.29) is 0 Å². The molecule has 0 aliphatic heterocycles. The number of carbonyl (C=O) groups is 1. The summed E-state index contributed by atoms with van der Waals surface area (Å²) in [4.78, 5) is 12.1. The molecule has 0 saturated heterocycles. The molecule has 0 aliphatic rings. The van der Waals surface area contributed by atoms with Crippen LogP contribution in [0.5, 0.6) is 0 Å². The number of rotatable bonds is 2. The molecule has 2 amide bonds. The van der Waals surface area contributed by atoms with Crippen molar-refractivity contribution in [1.29, 1.82) is 0 Å². The van der Waals surface area contributed by atoms with Crippen molar-refractivity contribution in [2.75, 3.05) is 10.6 Å². The summed E-state index contributed by atoms with van der Waals surface area (Å²) in [5.74, 6) is 0. The first-order valence-corrected chi connectivity index (χ1v) is 4.20. The van der Waals surface area contributed by atoms with E-state index in [9.17, 15) is 4.79 Å². The fourth-order valence-corrected chi connectivity index (χ4v) is 0.883. The maximum absolute atomic E-state index is 12.1. The van der Waals surface area contributed by atoms with Gasteiger partial charge in [-0.1, -0.05) is 36.3 Å². The van der Waals surface area contributed by atoms with E-state index in [1.165, 1.54) is 0 Å². The minimum absolute atomic E-state index is 0.499.